The molecule has 0 aromatic rings. The first-order chi connectivity index (χ1) is 7.61. The molecule has 16 heavy (non-hydrogen) atoms. The van der Waals surface area contributed by atoms with Crippen LogP contribution in [-0.2, 0) is 19.1 Å². The van der Waals surface area contributed by atoms with E-state index >= 15 is 0 Å². The van der Waals surface area contributed by atoms with Crippen molar-refractivity contribution < 1.29 is 19.1 Å². The van der Waals surface area contributed by atoms with Gasteiger partial charge in [-0.15, -0.1) is 0 Å². The first-order valence-electron chi connectivity index (χ1n) is 5.04. The predicted octanol–water partition coefficient (Wildman–Crippen LogP) is 1.88. The lowest BCUT2D eigenvalue weighted by Crippen LogP contribution is -1.98. The van der Waals surface area contributed by atoms with Crippen molar-refractivity contribution in [3.63, 3.8) is 0 Å². The molecule has 0 N–H and O–H groups in total. The van der Waals surface area contributed by atoms with Gasteiger partial charge in [0.15, 0.2) is 0 Å². The Morgan fingerprint density at radius 1 is 1.50 bits per heavy atom. The number of Topliss-reactive ketones (excluding diaryl/α,β-unsaturated/α-hetero) is 1. The molecule has 0 fully saturated rings. The maximum absolute atomic E-state index is 10.9. The van der Waals surface area contributed by atoms with Gasteiger partial charge in [-0.3, -0.25) is 4.79 Å². The van der Waals surface area contributed by atoms with E-state index < -0.39 is 0 Å². The van der Waals surface area contributed by atoms with Crippen LogP contribution in [0.15, 0.2) is 35.8 Å². The van der Waals surface area contributed by atoms with Gasteiger partial charge in [0.25, 0.3) is 0 Å². The van der Waals surface area contributed by atoms with Crippen LogP contribution < -0.4 is 0 Å². The average molecular weight is 222 g/mol. The van der Waals surface area contributed by atoms with Crippen LogP contribution in [-0.4, -0.2) is 18.4 Å². The summed E-state index contributed by atoms with van der Waals surface area (Å²) in [7, 11) is 0. The monoisotopic (exact) mass is 222 g/mol. The van der Waals surface area contributed by atoms with E-state index in [0.29, 0.717) is 18.1 Å². The minimum atomic E-state index is -0.385. The Balaban J connectivity index is 2.67. The second-order valence-corrected chi connectivity index (χ2v) is 3.27. The summed E-state index contributed by atoms with van der Waals surface area (Å²) >= 11 is 0. The zero-order chi connectivity index (χ0) is 12.0. The quantitative estimate of drug-likeness (QED) is 0.526. The highest BCUT2D eigenvalue weighted by atomic mass is 16.5. The number of carbonyl (C=O) groups is 2. The number of carbonyl (C=O) groups excluding carboxylic acids is 2. The van der Waals surface area contributed by atoms with Gasteiger partial charge in [0.05, 0.1) is 13.0 Å². The van der Waals surface area contributed by atoms with Gasteiger partial charge in [-0.25, -0.2) is 4.79 Å². The Morgan fingerprint density at radius 3 is 2.75 bits per heavy atom. The zero-order valence-electron chi connectivity index (χ0n) is 9.36. The summed E-state index contributed by atoms with van der Waals surface area (Å²) in [5.41, 5.74) is 0. The van der Waals surface area contributed by atoms with Crippen LogP contribution in [0.3, 0.4) is 0 Å². The summed E-state index contributed by atoms with van der Waals surface area (Å²) in [5.74, 6) is 0.658. The van der Waals surface area contributed by atoms with Gasteiger partial charge >= 0.3 is 5.97 Å². The summed E-state index contributed by atoms with van der Waals surface area (Å²) in [6.07, 6.45) is 6.40. The third-order valence-corrected chi connectivity index (χ3v) is 1.79. The summed E-state index contributed by atoms with van der Waals surface area (Å²) in [4.78, 5) is 21.7. The van der Waals surface area contributed by atoms with Crippen molar-refractivity contribution in [2.24, 2.45) is 0 Å². The molecule has 0 saturated heterocycles. The third-order valence-electron chi connectivity index (χ3n) is 1.79. The minimum Gasteiger partial charge on any atom is -0.498 e. The Bertz CT molecular complexity index is 374. The van der Waals surface area contributed by atoms with Crippen LogP contribution >= 0.6 is 0 Å². The van der Waals surface area contributed by atoms with Crippen molar-refractivity contribution in [3.05, 3.63) is 35.8 Å². The van der Waals surface area contributed by atoms with Crippen LogP contribution in [0, 0.1) is 0 Å². The van der Waals surface area contributed by atoms with Gasteiger partial charge in [-0.05, 0) is 32.1 Å². The van der Waals surface area contributed by atoms with E-state index in [-0.39, 0.29) is 18.2 Å². The molecule has 4 heteroatoms. The second-order valence-electron chi connectivity index (χ2n) is 3.27. The number of esters is 1. The molecule has 4 nitrogen and oxygen atoms in total. The van der Waals surface area contributed by atoms with Gasteiger partial charge in [0.1, 0.15) is 17.3 Å². The SMILES string of the molecule is CCOC(=C/C=C1/C=CC(=O)O1)CC(C)=O. The van der Waals surface area contributed by atoms with Crippen molar-refractivity contribution in [2.45, 2.75) is 20.3 Å². The molecular formula is C12H14O4. The molecule has 1 aliphatic heterocycles. The number of allylic oxidation sites excluding steroid dienone is 4. The summed E-state index contributed by atoms with van der Waals surface area (Å²) in [5, 5.41) is 0. The van der Waals surface area contributed by atoms with Gasteiger partial charge < -0.3 is 9.47 Å². The van der Waals surface area contributed by atoms with Gasteiger partial charge in [0.2, 0.25) is 0 Å². The molecule has 1 heterocycles. The highest BCUT2D eigenvalue weighted by Crippen LogP contribution is 2.11. The molecule has 0 radical (unpaired) electrons. The van der Waals surface area contributed by atoms with Crippen molar-refractivity contribution in [1.82, 2.24) is 0 Å². The summed E-state index contributed by atoms with van der Waals surface area (Å²) in [6.45, 7) is 3.84. The lowest BCUT2D eigenvalue weighted by Gasteiger charge is -2.05. The molecule has 0 aromatic heterocycles. The lowest BCUT2D eigenvalue weighted by molar-refractivity contribution is -0.132. The Labute approximate surface area is 94.2 Å². The second kappa shape index (κ2) is 5.90. The largest absolute Gasteiger partial charge is 0.498 e. The van der Waals surface area contributed by atoms with Crippen molar-refractivity contribution >= 4 is 11.8 Å². The first-order valence-corrected chi connectivity index (χ1v) is 5.04. The number of rotatable bonds is 5. The highest BCUT2D eigenvalue weighted by Gasteiger charge is 2.08. The van der Waals surface area contributed by atoms with Gasteiger partial charge in [0, 0.05) is 6.08 Å². The van der Waals surface area contributed by atoms with Crippen molar-refractivity contribution in [1.29, 1.82) is 0 Å². The fourth-order valence-corrected chi connectivity index (χ4v) is 1.19. The molecule has 86 valence electrons. The minimum absolute atomic E-state index is 0.0251. The molecule has 0 bridgehead atoms. The number of cyclic esters (lactones) is 1. The van der Waals surface area contributed by atoms with Crippen molar-refractivity contribution in [2.75, 3.05) is 6.61 Å². The van der Waals surface area contributed by atoms with Gasteiger partial charge in [-0.2, -0.15) is 0 Å². The van der Waals surface area contributed by atoms with Gasteiger partial charge in [-0.1, -0.05) is 0 Å². The lowest BCUT2D eigenvalue weighted by atomic mass is 10.2. The fraction of sp³-hybridized carbons (Fsp3) is 0.333. The molecule has 0 unspecified atom stereocenters. The molecule has 1 aliphatic rings. The Morgan fingerprint density at radius 2 is 2.25 bits per heavy atom. The van der Waals surface area contributed by atoms with Crippen LogP contribution in [0.25, 0.3) is 0 Å². The number of hydrogen-bond acceptors (Lipinski definition) is 4. The van der Waals surface area contributed by atoms with E-state index in [4.69, 9.17) is 9.47 Å². The highest BCUT2D eigenvalue weighted by molar-refractivity contribution is 5.86. The molecular weight excluding hydrogens is 208 g/mol. The Kier molecular flexibility index (Phi) is 4.51. The van der Waals surface area contributed by atoms with Crippen LogP contribution in [0.4, 0.5) is 0 Å². The first kappa shape index (κ1) is 12.2. The van der Waals surface area contributed by atoms with Crippen LogP contribution in [0.1, 0.15) is 20.3 Å². The number of ether oxygens (including phenoxy) is 2. The molecule has 0 aromatic carbocycles. The zero-order valence-corrected chi connectivity index (χ0v) is 9.36. The van der Waals surface area contributed by atoms with E-state index in [1.807, 2.05) is 6.92 Å². The molecule has 1 rings (SSSR count). The fourth-order valence-electron chi connectivity index (χ4n) is 1.19. The number of hydrogen-bond donors (Lipinski definition) is 0. The predicted molar refractivity (Wildman–Crippen MR) is 58.3 cm³/mol. The van der Waals surface area contributed by atoms with E-state index in [9.17, 15) is 9.59 Å². The number of ketones is 1. The van der Waals surface area contributed by atoms with Crippen molar-refractivity contribution in [3.8, 4) is 0 Å². The third kappa shape index (κ3) is 4.13. The standard InChI is InChI=1S/C12H14O4/c1-3-15-11(8-9(2)13)5-4-10-6-7-12(14)16-10/h4-7H,3,8H2,1-2H3/b10-4-,11-5?. The molecule has 0 aliphatic carbocycles. The summed E-state index contributed by atoms with van der Waals surface area (Å²) in [6, 6.07) is 0. The van der Waals surface area contributed by atoms with E-state index in [1.165, 1.54) is 13.0 Å². The molecule has 0 atom stereocenters. The molecule has 0 spiro atoms. The van der Waals surface area contributed by atoms with E-state index in [2.05, 4.69) is 0 Å². The average Bonchev–Trinajstić information content (AvgIpc) is 2.60. The maximum Gasteiger partial charge on any atom is 0.336 e. The maximum atomic E-state index is 10.9. The van der Waals surface area contributed by atoms with Crippen LogP contribution in [0.5, 0.6) is 0 Å². The smallest absolute Gasteiger partial charge is 0.336 e. The van der Waals surface area contributed by atoms with Crippen LogP contribution in [0.2, 0.25) is 0 Å². The van der Waals surface area contributed by atoms with E-state index in [0.717, 1.165) is 0 Å². The molecule has 0 saturated carbocycles. The molecule has 0 amide bonds. The normalized spacial score (nSPS) is 17.8. The Hall–Kier alpha value is -1.84. The van der Waals surface area contributed by atoms with E-state index in [1.54, 1.807) is 18.2 Å². The topological polar surface area (TPSA) is 52.6 Å². The summed E-state index contributed by atoms with van der Waals surface area (Å²) < 4.78 is 10.1.